The van der Waals surface area contributed by atoms with Crippen molar-refractivity contribution in [1.29, 1.82) is 0 Å². The van der Waals surface area contributed by atoms with E-state index in [0.717, 1.165) is 31.4 Å². The van der Waals surface area contributed by atoms with Crippen molar-refractivity contribution in [2.45, 2.75) is 38.3 Å². The molecule has 1 aromatic carbocycles. The molecule has 2 aliphatic heterocycles. The first-order chi connectivity index (χ1) is 12.2. The van der Waals surface area contributed by atoms with E-state index >= 15 is 0 Å². The molecule has 25 heavy (non-hydrogen) atoms. The van der Waals surface area contributed by atoms with Crippen LogP contribution in [-0.2, 0) is 9.53 Å². The summed E-state index contributed by atoms with van der Waals surface area (Å²) in [7, 11) is 0. The van der Waals surface area contributed by atoms with Crippen LogP contribution in [-0.4, -0.2) is 60.6 Å². The lowest BCUT2D eigenvalue weighted by Crippen LogP contribution is -2.49. The number of carbonyl (C=O) groups is 2. The van der Waals surface area contributed by atoms with Crippen LogP contribution in [0.1, 0.15) is 37.9 Å². The van der Waals surface area contributed by atoms with Crippen molar-refractivity contribution in [3.8, 4) is 0 Å². The molecule has 2 fully saturated rings. The standard InChI is InChI=1S/C19H27N3O3/c1-2-21-10-6-11-22(14-18(21)23)19(24)20-16-9-12-25-17(13-16)15-7-4-3-5-8-15/h3-5,7-8,16-17H,2,6,9-14H2,1H3,(H,20,24)/t16-,17-/m0/s1. The Hall–Kier alpha value is -2.08. The van der Waals surface area contributed by atoms with Crippen molar-refractivity contribution in [3.63, 3.8) is 0 Å². The number of benzene rings is 1. The number of rotatable bonds is 3. The lowest BCUT2D eigenvalue weighted by Gasteiger charge is -2.32. The van der Waals surface area contributed by atoms with E-state index in [0.29, 0.717) is 19.7 Å². The van der Waals surface area contributed by atoms with Gasteiger partial charge in [-0.1, -0.05) is 30.3 Å². The molecule has 136 valence electrons. The summed E-state index contributed by atoms with van der Waals surface area (Å²) in [5, 5.41) is 3.11. The highest BCUT2D eigenvalue weighted by molar-refractivity contribution is 5.84. The van der Waals surface area contributed by atoms with Gasteiger partial charge in [0.2, 0.25) is 5.91 Å². The third kappa shape index (κ3) is 4.51. The molecule has 0 spiro atoms. The van der Waals surface area contributed by atoms with Gasteiger partial charge < -0.3 is 19.9 Å². The van der Waals surface area contributed by atoms with Crippen LogP contribution in [0.3, 0.4) is 0 Å². The molecular weight excluding hydrogens is 318 g/mol. The molecule has 6 nitrogen and oxygen atoms in total. The Morgan fingerprint density at radius 1 is 1.28 bits per heavy atom. The quantitative estimate of drug-likeness (QED) is 0.913. The molecule has 2 atom stereocenters. The van der Waals surface area contributed by atoms with Gasteiger partial charge in [0.25, 0.3) is 0 Å². The van der Waals surface area contributed by atoms with Gasteiger partial charge in [-0.3, -0.25) is 4.79 Å². The first-order valence-corrected chi connectivity index (χ1v) is 9.17. The first kappa shape index (κ1) is 17.7. The summed E-state index contributed by atoms with van der Waals surface area (Å²) in [6, 6.07) is 10.1. The second-order valence-electron chi connectivity index (χ2n) is 6.69. The number of nitrogens with zero attached hydrogens (tertiary/aromatic N) is 2. The molecule has 0 aromatic heterocycles. The number of urea groups is 1. The highest BCUT2D eigenvalue weighted by Gasteiger charge is 2.28. The van der Waals surface area contributed by atoms with E-state index in [2.05, 4.69) is 17.4 Å². The van der Waals surface area contributed by atoms with Crippen molar-refractivity contribution in [2.75, 3.05) is 32.8 Å². The summed E-state index contributed by atoms with van der Waals surface area (Å²) < 4.78 is 5.86. The van der Waals surface area contributed by atoms with Crippen LogP contribution >= 0.6 is 0 Å². The molecule has 1 aromatic rings. The van der Waals surface area contributed by atoms with Gasteiger partial charge in [-0.05, 0) is 31.7 Å². The second-order valence-corrected chi connectivity index (χ2v) is 6.69. The van der Waals surface area contributed by atoms with Crippen LogP contribution in [0.5, 0.6) is 0 Å². The number of hydrogen-bond donors (Lipinski definition) is 1. The smallest absolute Gasteiger partial charge is 0.318 e. The minimum atomic E-state index is -0.134. The molecule has 0 bridgehead atoms. The van der Waals surface area contributed by atoms with E-state index in [4.69, 9.17) is 4.74 Å². The summed E-state index contributed by atoms with van der Waals surface area (Å²) >= 11 is 0. The van der Waals surface area contributed by atoms with E-state index < -0.39 is 0 Å². The number of nitrogens with one attached hydrogen (secondary N) is 1. The maximum atomic E-state index is 12.6. The van der Waals surface area contributed by atoms with E-state index in [9.17, 15) is 9.59 Å². The number of amides is 3. The molecule has 6 heteroatoms. The van der Waals surface area contributed by atoms with Crippen molar-refractivity contribution < 1.29 is 14.3 Å². The predicted octanol–water partition coefficient (Wildman–Crippen LogP) is 2.17. The van der Waals surface area contributed by atoms with Crippen LogP contribution in [0.2, 0.25) is 0 Å². The minimum Gasteiger partial charge on any atom is -0.373 e. The number of ether oxygens (including phenoxy) is 1. The Balaban J connectivity index is 1.56. The van der Waals surface area contributed by atoms with Gasteiger partial charge in [-0.2, -0.15) is 0 Å². The van der Waals surface area contributed by atoms with Gasteiger partial charge in [0.05, 0.1) is 6.10 Å². The molecule has 0 aliphatic carbocycles. The maximum absolute atomic E-state index is 12.6. The average Bonchev–Trinajstić information content (AvgIpc) is 2.84. The lowest BCUT2D eigenvalue weighted by atomic mass is 9.97. The summed E-state index contributed by atoms with van der Waals surface area (Å²) in [5.41, 5.74) is 1.14. The predicted molar refractivity (Wildman–Crippen MR) is 95.1 cm³/mol. The Morgan fingerprint density at radius 3 is 2.84 bits per heavy atom. The Bertz CT molecular complexity index is 593. The van der Waals surface area contributed by atoms with Crippen LogP contribution in [0.25, 0.3) is 0 Å². The number of carbonyl (C=O) groups excluding carboxylic acids is 2. The fourth-order valence-electron chi connectivity index (χ4n) is 3.52. The summed E-state index contributed by atoms with van der Waals surface area (Å²) in [6.07, 6.45) is 2.41. The van der Waals surface area contributed by atoms with E-state index in [1.54, 1.807) is 4.90 Å². The van der Waals surface area contributed by atoms with Gasteiger partial charge in [-0.25, -0.2) is 4.79 Å². The molecule has 0 unspecified atom stereocenters. The van der Waals surface area contributed by atoms with Crippen molar-refractivity contribution >= 4 is 11.9 Å². The van der Waals surface area contributed by atoms with Crippen molar-refractivity contribution in [2.24, 2.45) is 0 Å². The summed E-state index contributed by atoms with van der Waals surface area (Å²) in [6.45, 7) is 4.83. The maximum Gasteiger partial charge on any atom is 0.318 e. The van der Waals surface area contributed by atoms with Crippen LogP contribution in [0.15, 0.2) is 30.3 Å². The highest BCUT2D eigenvalue weighted by atomic mass is 16.5. The van der Waals surface area contributed by atoms with Crippen molar-refractivity contribution in [3.05, 3.63) is 35.9 Å². The highest BCUT2D eigenvalue weighted by Crippen LogP contribution is 2.28. The third-order valence-corrected chi connectivity index (χ3v) is 4.99. The molecule has 0 saturated carbocycles. The monoisotopic (exact) mass is 345 g/mol. The third-order valence-electron chi connectivity index (χ3n) is 4.99. The molecular formula is C19H27N3O3. The molecule has 2 heterocycles. The van der Waals surface area contributed by atoms with Gasteiger partial charge in [0, 0.05) is 32.3 Å². The number of hydrogen-bond acceptors (Lipinski definition) is 3. The van der Waals surface area contributed by atoms with Crippen LogP contribution in [0, 0.1) is 0 Å². The molecule has 3 amide bonds. The molecule has 2 aliphatic rings. The minimum absolute atomic E-state index is 0.0154. The summed E-state index contributed by atoms with van der Waals surface area (Å²) in [4.78, 5) is 28.2. The largest absolute Gasteiger partial charge is 0.373 e. The van der Waals surface area contributed by atoms with E-state index in [1.165, 1.54) is 0 Å². The zero-order chi connectivity index (χ0) is 17.6. The SMILES string of the molecule is CCN1CCCN(C(=O)N[C@H]2CCO[C@H](c3ccccc3)C2)CC1=O. The fraction of sp³-hybridized carbons (Fsp3) is 0.579. The summed E-state index contributed by atoms with van der Waals surface area (Å²) in [5.74, 6) is 0.0317. The van der Waals surface area contributed by atoms with Crippen molar-refractivity contribution in [1.82, 2.24) is 15.1 Å². The normalized spacial score (nSPS) is 24.8. The zero-order valence-corrected chi connectivity index (χ0v) is 14.8. The first-order valence-electron chi connectivity index (χ1n) is 9.17. The van der Waals surface area contributed by atoms with Gasteiger partial charge in [0.15, 0.2) is 0 Å². The van der Waals surface area contributed by atoms with Gasteiger partial charge >= 0.3 is 6.03 Å². The second kappa shape index (κ2) is 8.34. The molecule has 1 N–H and O–H groups in total. The number of likely N-dealkylation sites (N-methyl/N-ethyl adjacent to an activating group) is 1. The molecule has 0 radical (unpaired) electrons. The Labute approximate surface area is 149 Å². The fourth-order valence-corrected chi connectivity index (χ4v) is 3.52. The topological polar surface area (TPSA) is 61.9 Å². The van der Waals surface area contributed by atoms with Crippen LogP contribution in [0.4, 0.5) is 4.79 Å². The molecule has 2 saturated heterocycles. The van der Waals surface area contributed by atoms with Crippen LogP contribution < -0.4 is 5.32 Å². The van der Waals surface area contributed by atoms with E-state index in [1.807, 2.05) is 30.0 Å². The Morgan fingerprint density at radius 2 is 2.08 bits per heavy atom. The Kier molecular flexibility index (Phi) is 5.91. The zero-order valence-electron chi connectivity index (χ0n) is 14.8. The van der Waals surface area contributed by atoms with Gasteiger partial charge in [-0.15, -0.1) is 0 Å². The lowest BCUT2D eigenvalue weighted by molar-refractivity contribution is -0.130. The van der Waals surface area contributed by atoms with Gasteiger partial charge in [0.1, 0.15) is 6.54 Å². The average molecular weight is 345 g/mol. The molecule has 3 rings (SSSR count). The van der Waals surface area contributed by atoms with E-state index in [-0.39, 0.29) is 30.6 Å².